The number of halogens is 1. The van der Waals surface area contributed by atoms with Crippen LogP contribution in [0, 0.1) is 6.92 Å². The third-order valence-electron chi connectivity index (χ3n) is 5.06. The molecule has 0 aliphatic carbocycles. The molecule has 0 spiro atoms. The fraction of sp³-hybridized carbons (Fsp3) is 0.273. The molecule has 0 bridgehead atoms. The van der Waals surface area contributed by atoms with Crippen LogP contribution in [0.15, 0.2) is 46.9 Å². The Labute approximate surface area is 178 Å². The molecule has 150 valence electrons. The average Bonchev–Trinajstić information content (AvgIpc) is 3.32. The second-order valence-corrected chi connectivity index (χ2v) is 8.43. The maximum Gasteiger partial charge on any atom is 0.292 e. The summed E-state index contributed by atoms with van der Waals surface area (Å²) in [5.74, 6) is -0.349. The van der Waals surface area contributed by atoms with Crippen LogP contribution in [0.4, 0.5) is 5.00 Å². The number of amides is 2. The number of rotatable bonds is 4. The van der Waals surface area contributed by atoms with Crippen LogP contribution in [0.3, 0.4) is 0 Å². The van der Waals surface area contributed by atoms with Crippen LogP contribution in [0.5, 0.6) is 0 Å². The molecule has 5 nitrogen and oxygen atoms in total. The Hall–Kier alpha value is -2.57. The molecule has 0 saturated carbocycles. The van der Waals surface area contributed by atoms with E-state index >= 15 is 0 Å². The highest BCUT2D eigenvalue weighted by atomic mass is 35.5. The molecule has 0 radical (unpaired) electrons. The molecule has 0 unspecified atom stereocenters. The van der Waals surface area contributed by atoms with E-state index in [0.717, 1.165) is 48.4 Å². The predicted octanol–water partition coefficient (Wildman–Crippen LogP) is 5.85. The van der Waals surface area contributed by atoms with Gasteiger partial charge in [-0.2, -0.15) is 0 Å². The molecule has 1 fully saturated rings. The number of nitrogens with one attached hydrogen (secondary N) is 1. The van der Waals surface area contributed by atoms with E-state index in [0.29, 0.717) is 10.6 Å². The topological polar surface area (TPSA) is 62.6 Å². The summed E-state index contributed by atoms with van der Waals surface area (Å²) in [6.07, 6.45) is 3.16. The zero-order chi connectivity index (χ0) is 20.4. The molecule has 1 N–H and O–H groups in total. The van der Waals surface area contributed by atoms with Crippen molar-refractivity contribution in [2.45, 2.75) is 26.2 Å². The minimum Gasteiger partial charge on any atom is -0.440 e. The van der Waals surface area contributed by atoms with E-state index in [1.165, 1.54) is 23.5 Å². The molecule has 1 aliphatic rings. The highest BCUT2D eigenvalue weighted by Gasteiger charge is 2.28. The van der Waals surface area contributed by atoms with Gasteiger partial charge in [0.05, 0.1) is 5.56 Å². The van der Waals surface area contributed by atoms with Gasteiger partial charge in [-0.15, -0.1) is 11.3 Å². The molecule has 1 aliphatic heterocycles. The van der Waals surface area contributed by atoms with Gasteiger partial charge in [0.25, 0.3) is 11.8 Å². The zero-order valence-corrected chi connectivity index (χ0v) is 17.6. The van der Waals surface area contributed by atoms with E-state index < -0.39 is 5.91 Å². The van der Waals surface area contributed by atoms with Crippen molar-refractivity contribution in [1.29, 1.82) is 0 Å². The highest BCUT2D eigenvalue weighted by Crippen LogP contribution is 2.41. The molecule has 4 rings (SSSR count). The lowest BCUT2D eigenvalue weighted by Crippen LogP contribution is -2.36. The SMILES string of the molecule is Cc1c(-c2ccccc2)sc(NC(=O)c2ccc(Cl)o2)c1C(=O)N1CCCCC1. The fourth-order valence-corrected chi connectivity index (χ4v) is 4.93. The van der Waals surface area contributed by atoms with E-state index in [9.17, 15) is 9.59 Å². The van der Waals surface area contributed by atoms with Gasteiger partial charge in [0.15, 0.2) is 11.0 Å². The molecule has 1 saturated heterocycles. The Morgan fingerprint density at radius 3 is 2.45 bits per heavy atom. The van der Waals surface area contributed by atoms with Gasteiger partial charge in [-0.1, -0.05) is 30.3 Å². The van der Waals surface area contributed by atoms with Crippen molar-refractivity contribution in [2.24, 2.45) is 0 Å². The molecular weight excluding hydrogens is 408 g/mol. The maximum absolute atomic E-state index is 13.3. The lowest BCUT2D eigenvalue weighted by atomic mass is 10.0. The van der Waals surface area contributed by atoms with Crippen molar-refractivity contribution in [3.63, 3.8) is 0 Å². The number of piperidine rings is 1. The molecule has 7 heteroatoms. The van der Waals surface area contributed by atoms with Crippen molar-refractivity contribution < 1.29 is 14.0 Å². The van der Waals surface area contributed by atoms with Gasteiger partial charge >= 0.3 is 0 Å². The number of carbonyl (C=O) groups is 2. The third-order valence-corrected chi connectivity index (χ3v) is 6.52. The van der Waals surface area contributed by atoms with Crippen LogP contribution >= 0.6 is 22.9 Å². The van der Waals surface area contributed by atoms with E-state index in [2.05, 4.69) is 5.32 Å². The summed E-state index contributed by atoms with van der Waals surface area (Å²) in [5, 5.41) is 3.55. The van der Waals surface area contributed by atoms with Gasteiger partial charge in [0, 0.05) is 18.0 Å². The number of hydrogen-bond donors (Lipinski definition) is 1. The molecule has 3 heterocycles. The van der Waals surface area contributed by atoms with Crippen LogP contribution in [0.25, 0.3) is 10.4 Å². The summed E-state index contributed by atoms with van der Waals surface area (Å²) in [6, 6.07) is 12.9. The van der Waals surface area contributed by atoms with Gasteiger partial charge in [-0.25, -0.2) is 0 Å². The van der Waals surface area contributed by atoms with Crippen molar-refractivity contribution in [1.82, 2.24) is 4.90 Å². The van der Waals surface area contributed by atoms with Crippen molar-refractivity contribution >= 4 is 39.8 Å². The quantitative estimate of drug-likeness (QED) is 0.567. The molecule has 2 amide bonds. The van der Waals surface area contributed by atoms with Gasteiger partial charge in [-0.05, 0) is 61.0 Å². The third kappa shape index (κ3) is 4.09. The standard InChI is InChI=1S/C22H21ClN2O3S/c1-14-18(22(27)25-12-6-3-7-13-25)21(24-20(26)16-10-11-17(23)28-16)29-19(14)15-8-4-2-5-9-15/h2,4-5,8-11H,3,6-7,12-13H2,1H3,(H,24,26). The van der Waals surface area contributed by atoms with Crippen LogP contribution in [-0.2, 0) is 0 Å². The first-order valence-electron chi connectivity index (χ1n) is 9.59. The van der Waals surface area contributed by atoms with Crippen molar-refractivity contribution in [3.05, 3.63) is 64.6 Å². The first-order valence-corrected chi connectivity index (χ1v) is 10.8. The normalized spacial score (nSPS) is 14.1. The molecule has 2 aromatic heterocycles. The maximum atomic E-state index is 13.3. The first-order chi connectivity index (χ1) is 14.0. The Kier molecular flexibility index (Phi) is 5.74. The summed E-state index contributed by atoms with van der Waals surface area (Å²) >= 11 is 7.20. The largest absolute Gasteiger partial charge is 0.440 e. The van der Waals surface area contributed by atoms with Crippen molar-refractivity contribution in [2.75, 3.05) is 18.4 Å². The van der Waals surface area contributed by atoms with Crippen LogP contribution in [0.2, 0.25) is 5.22 Å². The lowest BCUT2D eigenvalue weighted by Gasteiger charge is -2.27. The summed E-state index contributed by atoms with van der Waals surface area (Å²) < 4.78 is 5.22. The van der Waals surface area contributed by atoms with Crippen molar-refractivity contribution in [3.8, 4) is 10.4 Å². The lowest BCUT2D eigenvalue weighted by molar-refractivity contribution is 0.0725. The first kappa shape index (κ1) is 19.7. The Morgan fingerprint density at radius 2 is 1.79 bits per heavy atom. The Bertz CT molecular complexity index is 1040. The average molecular weight is 429 g/mol. The van der Waals surface area contributed by atoms with Gasteiger partial charge in [0.2, 0.25) is 0 Å². The van der Waals surface area contributed by atoms with E-state index in [1.54, 1.807) is 0 Å². The van der Waals surface area contributed by atoms with E-state index in [1.807, 2.05) is 42.2 Å². The number of benzene rings is 1. The van der Waals surface area contributed by atoms with Gasteiger partial charge < -0.3 is 14.6 Å². The van der Waals surface area contributed by atoms with Crippen LogP contribution < -0.4 is 5.32 Å². The Morgan fingerprint density at radius 1 is 1.07 bits per heavy atom. The number of furan rings is 1. The number of hydrogen-bond acceptors (Lipinski definition) is 4. The summed E-state index contributed by atoms with van der Waals surface area (Å²) in [7, 11) is 0. The number of carbonyl (C=O) groups excluding carboxylic acids is 2. The summed E-state index contributed by atoms with van der Waals surface area (Å²) in [4.78, 5) is 28.9. The van der Waals surface area contributed by atoms with E-state index in [-0.39, 0.29) is 16.9 Å². The number of likely N-dealkylation sites (tertiary alicyclic amines) is 1. The second-order valence-electron chi connectivity index (χ2n) is 7.04. The Balaban J connectivity index is 1.73. The fourth-order valence-electron chi connectivity index (χ4n) is 3.58. The highest BCUT2D eigenvalue weighted by molar-refractivity contribution is 7.20. The van der Waals surface area contributed by atoms with Gasteiger partial charge in [0.1, 0.15) is 5.00 Å². The van der Waals surface area contributed by atoms with Gasteiger partial charge in [-0.3, -0.25) is 9.59 Å². The molecule has 0 atom stereocenters. The molecule has 1 aromatic carbocycles. The summed E-state index contributed by atoms with van der Waals surface area (Å²) in [6.45, 7) is 3.43. The number of nitrogens with zero attached hydrogens (tertiary/aromatic N) is 1. The second kappa shape index (κ2) is 8.43. The minimum absolute atomic E-state index is 0.0339. The predicted molar refractivity (Wildman–Crippen MR) is 116 cm³/mol. The van der Waals surface area contributed by atoms with E-state index in [4.69, 9.17) is 16.0 Å². The monoisotopic (exact) mass is 428 g/mol. The van der Waals surface area contributed by atoms with Crippen LogP contribution in [-0.4, -0.2) is 29.8 Å². The molecular formula is C22H21ClN2O3S. The smallest absolute Gasteiger partial charge is 0.292 e. The minimum atomic E-state index is -0.426. The number of thiophene rings is 1. The molecule has 3 aromatic rings. The molecule has 29 heavy (non-hydrogen) atoms. The number of anilines is 1. The zero-order valence-electron chi connectivity index (χ0n) is 16.0. The van der Waals surface area contributed by atoms with Crippen LogP contribution in [0.1, 0.15) is 45.7 Å². The summed E-state index contributed by atoms with van der Waals surface area (Å²) in [5.41, 5.74) is 2.45.